The van der Waals surface area contributed by atoms with Gasteiger partial charge in [0.05, 0.1) is 22.5 Å². The number of carbonyl (C=O) groups excluding carboxylic acids is 1. The summed E-state index contributed by atoms with van der Waals surface area (Å²) in [6, 6.07) is 13.9. The van der Waals surface area contributed by atoms with Crippen LogP contribution in [-0.2, 0) is 14.6 Å². The summed E-state index contributed by atoms with van der Waals surface area (Å²) in [6.45, 7) is 3.76. The molecule has 1 aromatic heterocycles. The molecule has 2 heterocycles. The topological polar surface area (TPSA) is 93.9 Å². The van der Waals surface area contributed by atoms with Crippen LogP contribution in [-0.4, -0.2) is 49.9 Å². The summed E-state index contributed by atoms with van der Waals surface area (Å²) >= 11 is 0. The monoisotopic (exact) mass is 455 g/mol. The quantitative estimate of drug-likeness (QED) is 0.567. The van der Waals surface area contributed by atoms with E-state index in [2.05, 4.69) is 0 Å². The molecule has 0 unspecified atom stereocenters. The average molecular weight is 456 g/mol. The number of fused-ring (bicyclic) bond motifs is 1. The van der Waals surface area contributed by atoms with Gasteiger partial charge in [0.15, 0.2) is 16.4 Å². The number of hydrogen-bond donors (Lipinski definition) is 0. The maximum atomic E-state index is 13.0. The van der Waals surface area contributed by atoms with Gasteiger partial charge in [-0.05, 0) is 38.0 Å². The second kappa shape index (κ2) is 8.78. The molecule has 8 heteroatoms. The molecular weight excluding hydrogens is 430 g/mol. The van der Waals surface area contributed by atoms with Crippen molar-refractivity contribution in [3.8, 4) is 16.9 Å². The maximum absolute atomic E-state index is 13.0. The molecule has 1 fully saturated rings. The second-order valence-electron chi connectivity index (χ2n) is 7.91. The van der Waals surface area contributed by atoms with Gasteiger partial charge in [-0.3, -0.25) is 9.59 Å². The lowest BCUT2D eigenvalue weighted by Crippen LogP contribution is -2.43. The third kappa shape index (κ3) is 4.41. The number of ether oxygens (including phenoxy) is 1. The number of aryl methyl sites for hydroxylation is 1. The third-order valence-corrected chi connectivity index (χ3v) is 7.53. The van der Waals surface area contributed by atoms with E-state index in [9.17, 15) is 18.0 Å². The molecule has 1 saturated heterocycles. The Morgan fingerprint density at radius 3 is 2.59 bits per heavy atom. The Balaban J connectivity index is 1.53. The van der Waals surface area contributed by atoms with Crippen LogP contribution in [0.3, 0.4) is 0 Å². The van der Waals surface area contributed by atoms with E-state index in [1.165, 1.54) is 0 Å². The first-order valence-electron chi connectivity index (χ1n) is 10.5. The molecule has 1 atom stereocenters. The lowest BCUT2D eigenvalue weighted by molar-refractivity contribution is -0.135. The van der Waals surface area contributed by atoms with Gasteiger partial charge in [-0.25, -0.2) is 8.42 Å². The number of rotatable bonds is 6. The Hall–Kier alpha value is -3.13. The number of sulfone groups is 1. The van der Waals surface area contributed by atoms with Crippen molar-refractivity contribution in [3.05, 3.63) is 64.5 Å². The molecule has 2 aromatic carbocycles. The molecule has 4 rings (SSSR count). The maximum Gasteiger partial charge on any atom is 0.260 e. The van der Waals surface area contributed by atoms with Gasteiger partial charge in [-0.1, -0.05) is 30.3 Å². The molecule has 3 aromatic rings. The zero-order chi connectivity index (χ0) is 22.9. The van der Waals surface area contributed by atoms with E-state index in [1.807, 2.05) is 37.3 Å². The zero-order valence-electron chi connectivity index (χ0n) is 18.0. The Morgan fingerprint density at radius 2 is 1.94 bits per heavy atom. The van der Waals surface area contributed by atoms with Crippen molar-refractivity contribution in [3.63, 3.8) is 0 Å². The molecule has 0 spiro atoms. The molecule has 1 aliphatic heterocycles. The number of carbonyl (C=O) groups is 1. The molecule has 0 aliphatic carbocycles. The van der Waals surface area contributed by atoms with Gasteiger partial charge in [0.2, 0.25) is 5.43 Å². The van der Waals surface area contributed by atoms with E-state index in [4.69, 9.17) is 9.15 Å². The van der Waals surface area contributed by atoms with Crippen LogP contribution in [0.1, 0.15) is 19.1 Å². The number of nitrogens with zero attached hydrogens (tertiary/aromatic N) is 1. The highest BCUT2D eigenvalue weighted by Crippen LogP contribution is 2.26. The van der Waals surface area contributed by atoms with Crippen LogP contribution in [0.4, 0.5) is 0 Å². The van der Waals surface area contributed by atoms with Crippen molar-refractivity contribution in [1.29, 1.82) is 0 Å². The molecule has 0 radical (unpaired) electrons. The fourth-order valence-electron chi connectivity index (χ4n) is 4.20. The largest absolute Gasteiger partial charge is 0.484 e. The van der Waals surface area contributed by atoms with Crippen molar-refractivity contribution >= 4 is 26.7 Å². The molecular formula is C24H25NO6S. The van der Waals surface area contributed by atoms with Crippen molar-refractivity contribution in [2.45, 2.75) is 26.3 Å². The molecule has 168 valence electrons. The summed E-state index contributed by atoms with van der Waals surface area (Å²) in [6.07, 6.45) is 0.450. The minimum absolute atomic E-state index is 0.00324. The summed E-state index contributed by atoms with van der Waals surface area (Å²) in [5.74, 6) is 0.733. The van der Waals surface area contributed by atoms with E-state index in [0.717, 1.165) is 5.56 Å². The zero-order valence-corrected chi connectivity index (χ0v) is 18.9. The normalized spacial score (nSPS) is 17.4. The van der Waals surface area contributed by atoms with Crippen LogP contribution in [0.25, 0.3) is 22.1 Å². The van der Waals surface area contributed by atoms with Crippen molar-refractivity contribution < 1.29 is 22.4 Å². The predicted octanol–water partition coefficient (Wildman–Crippen LogP) is 3.18. The molecule has 0 bridgehead atoms. The van der Waals surface area contributed by atoms with E-state index in [0.29, 0.717) is 41.0 Å². The Kier molecular flexibility index (Phi) is 6.06. The summed E-state index contributed by atoms with van der Waals surface area (Å²) in [7, 11) is -3.08. The molecule has 1 amide bonds. The van der Waals surface area contributed by atoms with Gasteiger partial charge in [-0.2, -0.15) is 0 Å². The Morgan fingerprint density at radius 1 is 1.19 bits per heavy atom. The molecule has 0 saturated carbocycles. The van der Waals surface area contributed by atoms with Crippen LogP contribution >= 0.6 is 0 Å². The smallest absolute Gasteiger partial charge is 0.260 e. The summed E-state index contributed by atoms with van der Waals surface area (Å²) in [5.41, 5.74) is 1.57. The minimum Gasteiger partial charge on any atom is -0.484 e. The second-order valence-corrected chi connectivity index (χ2v) is 10.1. The molecule has 7 nitrogen and oxygen atoms in total. The fourth-order valence-corrected chi connectivity index (χ4v) is 5.93. The first-order chi connectivity index (χ1) is 15.3. The molecule has 1 aliphatic rings. The van der Waals surface area contributed by atoms with E-state index >= 15 is 0 Å². The van der Waals surface area contributed by atoms with E-state index in [-0.39, 0.29) is 35.5 Å². The number of amides is 1. The fraction of sp³-hybridized carbons (Fsp3) is 0.333. The predicted molar refractivity (Wildman–Crippen MR) is 123 cm³/mol. The van der Waals surface area contributed by atoms with Gasteiger partial charge in [-0.15, -0.1) is 0 Å². The van der Waals surface area contributed by atoms with Gasteiger partial charge in [0, 0.05) is 18.7 Å². The molecule has 32 heavy (non-hydrogen) atoms. The highest BCUT2D eigenvalue weighted by molar-refractivity contribution is 7.91. The van der Waals surface area contributed by atoms with Crippen LogP contribution in [0.5, 0.6) is 5.75 Å². The number of benzene rings is 2. The van der Waals surface area contributed by atoms with Gasteiger partial charge >= 0.3 is 0 Å². The first kappa shape index (κ1) is 22.1. The van der Waals surface area contributed by atoms with E-state index in [1.54, 1.807) is 30.0 Å². The highest BCUT2D eigenvalue weighted by Gasteiger charge is 2.34. The summed E-state index contributed by atoms with van der Waals surface area (Å²) in [4.78, 5) is 27.3. The Labute approximate surface area is 186 Å². The third-order valence-electron chi connectivity index (χ3n) is 5.77. The van der Waals surface area contributed by atoms with E-state index < -0.39 is 9.84 Å². The van der Waals surface area contributed by atoms with Crippen LogP contribution in [0.15, 0.2) is 57.7 Å². The number of hydrogen-bond acceptors (Lipinski definition) is 6. The van der Waals surface area contributed by atoms with Crippen molar-refractivity contribution in [1.82, 2.24) is 4.90 Å². The Bertz CT molecular complexity index is 1310. The lowest BCUT2D eigenvalue weighted by Gasteiger charge is -2.26. The summed E-state index contributed by atoms with van der Waals surface area (Å²) < 4.78 is 35.1. The lowest BCUT2D eigenvalue weighted by atomic mass is 10.0. The summed E-state index contributed by atoms with van der Waals surface area (Å²) in [5, 5.41) is 0.430. The highest BCUT2D eigenvalue weighted by atomic mass is 32.2. The first-order valence-corrected chi connectivity index (χ1v) is 12.4. The SMILES string of the molecule is CCN(C(=O)COc1ccc2c(=O)c(-c3ccccc3)c(C)oc2c1)[C@@H]1CCS(=O)(=O)C1. The average Bonchev–Trinajstić information content (AvgIpc) is 3.12. The number of likely N-dealkylation sites (N-methyl/N-ethyl adjacent to an activating group) is 1. The van der Waals surface area contributed by atoms with Crippen molar-refractivity contribution in [2.24, 2.45) is 0 Å². The van der Waals surface area contributed by atoms with Gasteiger partial charge in [0.25, 0.3) is 5.91 Å². The van der Waals surface area contributed by atoms with Crippen LogP contribution in [0.2, 0.25) is 0 Å². The van der Waals surface area contributed by atoms with Gasteiger partial charge < -0.3 is 14.1 Å². The van der Waals surface area contributed by atoms with Crippen molar-refractivity contribution in [2.75, 3.05) is 24.7 Å². The van der Waals surface area contributed by atoms with Gasteiger partial charge in [0.1, 0.15) is 17.1 Å². The molecule has 0 N–H and O–H groups in total. The van der Waals surface area contributed by atoms with Crippen LogP contribution < -0.4 is 10.2 Å². The minimum atomic E-state index is -3.08. The van der Waals surface area contributed by atoms with Crippen LogP contribution in [0, 0.1) is 6.92 Å². The standard InChI is InChI=1S/C24H25NO6S/c1-3-25(18-11-12-32(28,29)15-18)22(26)14-30-19-9-10-20-21(13-19)31-16(2)23(24(20)27)17-7-5-4-6-8-17/h4-10,13,18H,3,11-12,14-15H2,1-2H3/t18-/m1/s1.